The summed E-state index contributed by atoms with van der Waals surface area (Å²) in [4.78, 5) is 4.97. The minimum atomic E-state index is 0.642. The summed E-state index contributed by atoms with van der Waals surface area (Å²) < 4.78 is 2.42. The summed E-state index contributed by atoms with van der Waals surface area (Å²) in [6, 6.07) is 23.7. The Morgan fingerprint density at radius 3 is 2.56 bits per heavy atom. The molecule has 0 saturated carbocycles. The van der Waals surface area contributed by atoms with Gasteiger partial charge in [-0.2, -0.15) is 0 Å². The van der Waals surface area contributed by atoms with Crippen molar-refractivity contribution in [3.63, 3.8) is 0 Å². The number of nitrogens with zero attached hydrogens (tertiary/aromatic N) is 2. The maximum Gasteiger partial charge on any atom is 0.114 e. The fourth-order valence-corrected chi connectivity index (χ4v) is 3.52. The van der Waals surface area contributed by atoms with E-state index >= 15 is 0 Å². The second-order valence-electron chi connectivity index (χ2n) is 6.96. The third-order valence-corrected chi connectivity index (χ3v) is 5.15. The van der Waals surface area contributed by atoms with Crippen LogP contribution in [-0.4, -0.2) is 9.55 Å². The largest absolute Gasteiger partial charge is 0.327 e. The molecule has 2 heteroatoms. The Labute approximate surface area is 149 Å². The summed E-state index contributed by atoms with van der Waals surface area (Å²) in [5, 5.41) is 2.62. The second kappa shape index (κ2) is 6.72. The zero-order valence-electron chi connectivity index (χ0n) is 14.9. The highest BCUT2D eigenvalue weighted by molar-refractivity contribution is 5.86. The van der Waals surface area contributed by atoms with E-state index in [0.29, 0.717) is 5.92 Å². The molecule has 0 radical (unpaired) electrons. The van der Waals surface area contributed by atoms with Crippen LogP contribution in [0.5, 0.6) is 0 Å². The topological polar surface area (TPSA) is 17.8 Å². The van der Waals surface area contributed by atoms with Crippen LogP contribution >= 0.6 is 0 Å². The molecule has 25 heavy (non-hydrogen) atoms. The van der Waals surface area contributed by atoms with Crippen LogP contribution in [0.3, 0.4) is 0 Å². The van der Waals surface area contributed by atoms with Crippen molar-refractivity contribution in [3.05, 3.63) is 78.1 Å². The molecule has 1 heterocycles. The second-order valence-corrected chi connectivity index (χ2v) is 6.96. The van der Waals surface area contributed by atoms with Crippen molar-refractivity contribution in [3.8, 4) is 0 Å². The lowest BCUT2D eigenvalue weighted by Gasteiger charge is -2.14. The van der Waals surface area contributed by atoms with Gasteiger partial charge in [-0.15, -0.1) is 0 Å². The first kappa shape index (κ1) is 15.9. The summed E-state index contributed by atoms with van der Waals surface area (Å²) in [7, 11) is 0. The number of rotatable bonds is 5. The summed E-state index contributed by atoms with van der Waals surface area (Å²) in [6.07, 6.45) is 2.05. The Morgan fingerprint density at radius 2 is 1.68 bits per heavy atom. The molecule has 0 aliphatic heterocycles. The number of hydrogen-bond acceptors (Lipinski definition) is 1. The van der Waals surface area contributed by atoms with Crippen molar-refractivity contribution in [2.45, 2.75) is 33.2 Å². The number of para-hydroxylation sites is 2. The molecular weight excluding hydrogens is 304 g/mol. The molecule has 1 atom stereocenters. The normalized spacial score (nSPS) is 12.7. The van der Waals surface area contributed by atoms with Crippen molar-refractivity contribution >= 4 is 21.8 Å². The highest BCUT2D eigenvalue weighted by Crippen LogP contribution is 2.24. The van der Waals surface area contributed by atoms with Crippen molar-refractivity contribution in [1.29, 1.82) is 0 Å². The van der Waals surface area contributed by atoms with Crippen LogP contribution in [0.4, 0.5) is 0 Å². The molecule has 0 amide bonds. The van der Waals surface area contributed by atoms with E-state index in [1.54, 1.807) is 0 Å². The lowest BCUT2D eigenvalue weighted by atomic mass is 10.0. The van der Waals surface area contributed by atoms with Gasteiger partial charge in [0.25, 0.3) is 0 Å². The molecule has 0 bridgehead atoms. The van der Waals surface area contributed by atoms with Gasteiger partial charge >= 0.3 is 0 Å². The van der Waals surface area contributed by atoms with Gasteiger partial charge in [-0.25, -0.2) is 4.98 Å². The lowest BCUT2D eigenvalue weighted by Crippen LogP contribution is -2.10. The first-order valence-corrected chi connectivity index (χ1v) is 9.17. The number of hydrogen-bond donors (Lipinski definition) is 0. The van der Waals surface area contributed by atoms with E-state index in [9.17, 15) is 0 Å². The van der Waals surface area contributed by atoms with Gasteiger partial charge in [-0.05, 0) is 34.4 Å². The van der Waals surface area contributed by atoms with E-state index < -0.39 is 0 Å². The van der Waals surface area contributed by atoms with E-state index in [4.69, 9.17) is 4.98 Å². The minimum absolute atomic E-state index is 0.642. The Balaban J connectivity index is 1.81. The molecule has 1 unspecified atom stereocenters. The van der Waals surface area contributed by atoms with Crippen molar-refractivity contribution in [2.75, 3.05) is 0 Å². The van der Waals surface area contributed by atoms with E-state index in [-0.39, 0.29) is 0 Å². The molecule has 126 valence electrons. The van der Waals surface area contributed by atoms with Crippen LogP contribution in [0.1, 0.15) is 31.7 Å². The average Bonchev–Trinajstić information content (AvgIpc) is 2.99. The third-order valence-electron chi connectivity index (χ3n) is 5.15. The smallest absolute Gasteiger partial charge is 0.114 e. The van der Waals surface area contributed by atoms with Crippen LogP contribution in [0.15, 0.2) is 66.7 Å². The van der Waals surface area contributed by atoms with Crippen LogP contribution < -0.4 is 0 Å². The third kappa shape index (κ3) is 3.05. The van der Waals surface area contributed by atoms with Gasteiger partial charge in [-0.1, -0.05) is 74.9 Å². The van der Waals surface area contributed by atoms with Gasteiger partial charge in [0.15, 0.2) is 0 Å². The lowest BCUT2D eigenvalue weighted by molar-refractivity contribution is 0.467. The molecule has 0 fully saturated rings. The van der Waals surface area contributed by atoms with Gasteiger partial charge in [-0.3, -0.25) is 0 Å². The Kier molecular flexibility index (Phi) is 4.27. The van der Waals surface area contributed by atoms with Gasteiger partial charge in [0, 0.05) is 13.0 Å². The molecule has 0 aliphatic rings. The fourth-order valence-electron chi connectivity index (χ4n) is 3.52. The van der Waals surface area contributed by atoms with Crippen molar-refractivity contribution < 1.29 is 0 Å². The van der Waals surface area contributed by atoms with E-state index in [0.717, 1.165) is 24.3 Å². The average molecular weight is 328 g/mol. The molecule has 0 N–H and O–H groups in total. The zero-order valence-corrected chi connectivity index (χ0v) is 14.9. The first-order valence-electron chi connectivity index (χ1n) is 9.17. The molecule has 1 aromatic heterocycles. The molecule has 0 saturated heterocycles. The van der Waals surface area contributed by atoms with Crippen LogP contribution in [-0.2, 0) is 13.0 Å². The first-order chi connectivity index (χ1) is 12.3. The summed E-state index contributed by atoms with van der Waals surface area (Å²) >= 11 is 0. The summed E-state index contributed by atoms with van der Waals surface area (Å²) in [6.45, 7) is 5.60. The van der Waals surface area contributed by atoms with E-state index in [1.165, 1.54) is 28.3 Å². The van der Waals surface area contributed by atoms with E-state index in [2.05, 4.69) is 85.1 Å². The fraction of sp³-hybridized carbons (Fsp3) is 0.261. The van der Waals surface area contributed by atoms with Gasteiger partial charge in [0.05, 0.1) is 11.0 Å². The number of benzene rings is 3. The molecular formula is C23H24N2. The molecule has 2 nitrogen and oxygen atoms in total. The van der Waals surface area contributed by atoms with Gasteiger partial charge < -0.3 is 4.57 Å². The molecule has 4 rings (SSSR count). The van der Waals surface area contributed by atoms with Crippen molar-refractivity contribution in [2.24, 2.45) is 5.92 Å². The standard InChI is InChI=1S/C23H24N2/c1-3-17(2)16-25-22-14-7-6-13-21(22)24-23(25)15-19-11-8-10-18-9-4-5-12-20(18)19/h4-14,17H,3,15-16H2,1-2H3. The van der Waals surface area contributed by atoms with Crippen molar-refractivity contribution in [1.82, 2.24) is 9.55 Å². The van der Waals surface area contributed by atoms with E-state index in [1.807, 2.05) is 0 Å². The Hall–Kier alpha value is -2.61. The number of aromatic nitrogens is 2. The molecule has 3 aromatic carbocycles. The molecule has 0 spiro atoms. The van der Waals surface area contributed by atoms with Crippen LogP contribution in [0, 0.1) is 5.92 Å². The maximum atomic E-state index is 4.97. The van der Waals surface area contributed by atoms with Gasteiger partial charge in [0.2, 0.25) is 0 Å². The highest BCUT2D eigenvalue weighted by atomic mass is 15.1. The predicted molar refractivity (Wildman–Crippen MR) is 106 cm³/mol. The molecule has 4 aromatic rings. The zero-order chi connectivity index (χ0) is 17.2. The SMILES string of the molecule is CCC(C)Cn1c(Cc2cccc3ccccc23)nc2ccccc21. The predicted octanol–water partition coefficient (Wildman–Crippen LogP) is 5.83. The van der Waals surface area contributed by atoms with Crippen LogP contribution in [0.2, 0.25) is 0 Å². The maximum absolute atomic E-state index is 4.97. The summed E-state index contributed by atoms with van der Waals surface area (Å²) in [5.41, 5.74) is 3.69. The number of fused-ring (bicyclic) bond motifs is 2. The number of imidazole rings is 1. The Morgan fingerprint density at radius 1 is 0.920 bits per heavy atom. The highest BCUT2D eigenvalue weighted by Gasteiger charge is 2.14. The summed E-state index contributed by atoms with van der Waals surface area (Å²) in [5.74, 6) is 1.81. The monoisotopic (exact) mass is 328 g/mol. The van der Waals surface area contributed by atoms with Crippen LogP contribution in [0.25, 0.3) is 21.8 Å². The Bertz CT molecular complexity index is 1010. The minimum Gasteiger partial charge on any atom is -0.327 e. The quantitative estimate of drug-likeness (QED) is 0.451. The molecule has 0 aliphatic carbocycles. The van der Waals surface area contributed by atoms with Gasteiger partial charge in [0.1, 0.15) is 5.82 Å².